The van der Waals surface area contributed by atoms with Gasteiger partial charge < -0.3 is 0 Å². The van der Waals surface area contributed by atoms with Crippen molar-refractivity contribution in [3.8, 4) is 0 Å². The summed E-state index contributed by atoms with van der Waals surface area (Å²) < 4.78 is 3.20. The fraction of sp³-hybridized carbons (Fsp3) is 1.00. The first-order valence-corrected chi connectivity index (χ1v) is 6.22. The minimum atomic E-state index is 0.655. The van der Waals surface area contributed by atoms with Crippen LogP contribution >= 0.6 is 12.8 Å². The molecule has 0 saturated heterocycles. The van der Waals surface area contributed by atoms with E-state index in [1.807, 2.05) is 0 Å². The minimum Gasteiger partial charge on any atom is -0.263 e. The van der Waals surface area contributed by atoms with Gasteiger partial charge in [0.25, 0.3) is 0 Å². The fourth-order valence-electron chi connectivity index (χ4n) is 3.11. The van der Waals surface area contributed by atoms with E-state index in [1.165, 1.54) is 57.8 Å². The van der Waals surface area contributed by atoms with E-state index >= 15 is 0 Å². The second kappa shape index (κ2) is 4.22. The Balaban J connectivity index is 1.94. The summed E-state index contributed by atoms with van der Waals surface area (Å²) in [7, 11) is 0. The highest BCUT2D eigenvalue weighted by molar-refractivity contribution is 7.78. The maximum Gasteiger partial charge on any atom is 0.0226 e. The molecule has 0 aromatic rings. The summed E-state index contributed by atoms with van der Waals surface area (Å²) in [5.74, 6) is 0. The van der Waals surface area contributed by atoms with Crippen molar-refractivity contribution in [1.29, 1.82) is 0 Å². The molecule has 0 bridgehead atoms. The van der Waals surface area contributed by atoms with Crippen LogP contribution in [0.3, 0.4) is 0 Å². The molecule has 0 heterocycles. The average Bonchev–Trinajstić information content (AvgIpc) is 2.02. The molecule has 1 N–H and O–H groups in total. The van der Waals surface area contributed by atoms with E-state index in [0.29, 0.717) is 11.5 Å². The quantitative estimate of drug-likeness (QED) is 0.617. The van der Waals surface area contributed by atoms with E-state index in [2.05, 4.69) is 17.5 Å². The highest BCUT2D eigenvalue weighted by atomic mass is 32.1. The third-order valence-corrected chi connectivity index (χ3v) is 4.49. The number of thiol groups is 1. The fourth-order valence-corrected chi connectivity index (χ4v) is 3.51. The van der Waals surface area contributed by atoms with Gasteiger partial charge in [-0.1, -0.05) is 44.9 Å². The molecule has 1 unspecified atom stereocenters. The summed E-state index contributed by atoms with van der Waals surface area (Å²) in [5, 5.41) is 0. The van der Waals surface area contributed by atoms with E-state index in [1.54, 1.807) is 0 Å². The highest BCUT2D eigenvalue weighted by Crippen LogP contribution is 2.50. The van der Waals surface area contributed by atoms with Crippen LogP contribution in [0.2, 0.25) is 0 Å². The predicted octanol–water partition coefficient (Wildman–Crippen LogP) is 3.31. The normalized spacial score (nSPS) is 33.5. The Kier molecular flexibility index (Phi) is 3.20. The zero-order valence-electron chi connectivity index (χ0n) is 8.39. The summed E-state index contributed by atoms with van der Waals surface area (Å²) in [6.07, 6.45) is 13.0. The SMILES string of the molecule is SNC1CCC12CCCCCCC2. The first kappa shape index (κ1) is 9.85. The molecule has 1 spiro atoms. The number of rotatable bonds is 1. The Morgan fingerprint density at radius 2 is 1.54 bits per heavy atom. The lowest BCUT2D eigenvalue weighted by Gasteiger charge is -2.50. The Labute approximate surface area is 87.2 Å². The van der Waals surface area contributed by atoms with Crippen molar-refractivity contribution < 1.29 is 0 Å². The number of hydrogen-bond donors (Lipinski definition) is 2. The van der Waals surface area contributed by atoms with Gasteiger partial charge >= 0.3 is 0 Å². The van der Waals surface area contributed by atoms with Gasteiger partial charge in [0.05, 0.1) is 0 Å². The first-order valence-electron chi connectivity index (χ1n) is 5.77. The Hall–Kier alpha value is 0.310. The van der Waals surface area contributed by atoms with E-state index in [0.717, 1.165) is 0 Å². The third-order valence-electron chi connectivity index (χ3n) is 4.18. The van der Waals surface area contributed by atoms with Crippen LogP contribution in [0, 0.1) is 5.41 Å². The Morgan fingerprint density at radius 3 is 2.00 bits per heavy atom. The van der Waals surface area contributed by atoms with Crippen molar-refractivity contribution in [2.45, 2.75) is 63.8 Å². The summed E-state index contributed by atoms with van der Waals surface area (Å²) in [6, 6.07) is 0.717. The maximum atomic E-state index is 4.24. The van der Waals surface area contributed by atoms with Gasteiger partial charge in [0, 0.05) is 6.04 Å². The lowest BCUT2D eigenvalue weighted by Crippen LogP contribution is -2.50. The number of nitrogens with one attached hydrogen (secondary N) is 1. The van der Waals surface area contributed by atoms with Crippen LogP contribution in [0.25, 0.3) is 0 Å². The van der Waals surface area contributed by atoms with Crippen LogP contribution in [0.15, 0.2) is 0 Å². The lowest BCUT2D eigenvalue weighted by molar-refractivity contribution is 0.0501. The molecule has 0 aliphatic heterocycles. The van der Waals surface area contributed by atoms with E-state index in [4.69, 9.17) is 0 Å². The van der Waals surface area contributed by atoms with Crippen molar-refractivity contribution in [1.82, 2.24) is 4.72 Å². The molecule has 2 aliphatic rings. The van der Waals surface area contributed by atoms with Crippen LogP contribution in [-0.4, -0.2) is 6.04 Å². The monoisotopic (exact) mass is 199 g/mol. The standard InChI is InChI=1S/C11H21NS/c13-12-10-6-9-11(10)7-4-2-1-3-5-8-11/h10,12-13H,1-9H2. The molecule has 2 saturated carbocycles. The second-order valence-electron chi connectivity index (χ2n) is 4.85. The molecule has 0 amide bonds. The minimum absolute atomic E-state index is 0.655. The van der Waals surface area contributed by atoms with Gasteiger partial charge in [0.1, 0.15) is 0 Å². The van der Waals surface area contributed by atoms with Gasteiger partial charge in [0.2, 0.25) is 0 Å². The Bertz CT molecular complexity index is 159. The van der Waals surface area contributed by atoms with Crippen molar-refractivity contribution in [2.24, 2.45) is 5.41 Å². The summed E-state index contributed by atoms with van der Waals surface area (Å²) >= 11 is 4.24. The van der Waals surface area contributed by atoms with E-state index in [-0.39, 0.29) is 0 Å². The molecule has 1 nitrogen and oxygen atoms in total. The second-order valence-corrected chi connectivity index (χ2v) is 5.11. The van der Waals surface area contributed by atoms with Gasteiger partial charge in [-0.05, 0) is 31.1 Å². The molecule has 76 valence electrons. The van der Waals surface area contributed by atoms with Crippen molar-refractivity contribution >= 4 is 12.8 Å². The van der Waals surface area contributed by atoms with E-state index in [9.17, 15) is 0 Å². The summed E-state index contributed by atoms with van der Waals surface area (Å²) in [5.41, 5.74) is 0.655. The van der Waals surface area contributed by atoms with Crippen LogP contribution in [-0.2, 0) is 0 Å². The molecule has 0 aromatic carbocycles. The van der Waals surface area contributed by atoms with Crippen LogP contribution in [0.5, 0.6) is 0 Å². The third kappa shape index (κ3) is 1.89. The Morgan fingerprint density at radius 1 is 0.923 bits per heavy atom. The molecule has 0 radical (unpaired) electrons. The highest BCUT2D eigenvalue weighted by Gasteiger charge is 2.44. The van der Waals surface area contributed by atoms with Crippen molar-refractivity contribution in [3.63, 3.8) is 0 Å². The topological polar surface area (TPSA) is 12.0 Å². The summed E-state index contributed by atoms with van der Waals surface area (Å²) in [4.78, 5) is 0. The van der Waals surface area contributed by atoms with Crippen molar-refractivity contribution in [3.05, 3.63) is 0 Å². The molecule has 2 rings (SSSR count). The molecule has 2 aliphatic carbocycles. The maximum absolute atomic E-state index is 4.24. The van der Waals surface area contributed by atoms with E-state index < -0.39 is 0 Å². The number of hydrogen-bond acceptors (Lipinski definition) is 2. The zero-order valence-corrected chi connectivity index (χ0v) is 9.28. The van der Waals surface area contributed by atoms with Gasteiger partial charge in [-0.15, -0.1) is 0 Å². The molecule has 2 fully saturated rings. The molecule has 2 heteroatoms. The van der Waals surface area contributed by atoms with Gasteiger partial charge in [-0.25, -0.2) is 0 Å². The molecule has 13 heavy (non-hydrogen) atoms. The van der Waals surface area contributed by atoms with Crippen molar-refractivity contribution in [2.75, 3.05) is 0 Å². The van der Waals surface area contributed by atoms with Gasteiger partial charge in [-0.2, -0.15) is 0 Å². The van der Waals surface area contributed by atoms with Crippen LogP contribution in [0.4, 0.5) is 0 Å². The lowest BCUT2D eigenvalue weighted by atomic mass is 9.59. The largest absolute Gasteiger partial charge is 0.263 e. The predicted molar refractivity (Wildman–Crippen MR) is 59.9 cm³/mol. The molecule has 1 atom stereocenters. The van der Waals surface area contributed by atoms with Crippen LogP contribution in [0.1, 0.15) is 57.8 Å². The average molecular weight is 199 g/mol. The zero-order chi connectivity index (χ0) is 9.15. The molecular weight excluding hydrogens is 178 g/mol. The van der Waals surface area contributed by atoms with Gasteiger partial charge in [-0.3, -0.25) is 4.72 Å². The van der Waals surface area contributed by atoms with Crippen LogP contribution < -0.4 is 4.72 Å². The smallest absolute Gasteiger partial charge is 0.0226 e. The molecular formula is C11H21NS. The molecule has 0 aromatic heterocycles. The first-order chi connectivity index (χ1) is 6.37. The summed E-state index contributed by atoms with van der Waals surface area (Å²) in [6.45, 7) is 0. The van der Waals surface area contributed by atoms with Gasteiger partial charge in [0.15, 0.2) is 0 Å².